The molecule has 1 atom stereocenters. The van der Waals surface area contributed by atoms with Crippen molar-refractivity contribution in [2.24, 2.45) is 0 Å². The summed E-state index contributed by atoms with van der Waals surface area (Å²) in [4.78, 5) is 14.7. The first-order valence-electron chi connectivity index (χ1n) is 10.2. The molecule has 4 rings (SSSR count). The molecule has 1 aliphatic rings. The fourth-order valence-electron chi connectivity index (χ4n) is 3.90. The molecule has 1 aromatic heterocycles. The molecule has 2 aromatic carbocycles. The van der Waals surface area contributed by atoms with Crippen LogP contribution in [0.1, 0.15) is 42.5 Å². The Morgan fingerprint density at radius 2 is 1.73 bits per heavy atom. The maximum absolute atomic E-state index is 13.0. The van der Waals surface area contributed by atoms with Gasteiger partial charge in [0.05, 0.1) is 5.02 Å². The van der Waals surface area contributed by atoms with Gasteiger partial charge in [0.2, 0.25) is 5.91 Å². The highest BCUT2D eigenvalue weighted by atomic mass is 35.5. The molecule has 1 aliphatic carbocycles. The van der Waals surface area contributed by atoms with Crippen molar-refractivity contribution in [3.8, 4) is 11.4 Å². The second kappa shape index (κ2) is 9.23. The summed E-state index contributed by atoms with van der Waals surface area (Å²) in [5.74, 6) is 0.811. The highest BCUT2D eigenvalue weighted by Crippen LogP contribution is 2.42. The van der Waals surface area contributed by atoms with Crippen LogP contribution in [0.25, 0.3) is 11.4 Å². The number of hydrogen-bond donors (Lipinski definition) is 0. The smallest absolute Gasteiger partial charge is 0.240 e. The highest BCUT2D eigenvalue weighted by molar-refractivity contribution is 8.00. The predicted octanol–water partition coefficient (Wildman–Crippen LogP) is 5.64. The summed E-state index contributed by atoms with van der Waals surface area (Å²) in [6, 6.07) is 17.9. The van der Waals surface area contributed by atoms with E-state index in [1.54, 1.807) is 19.0 Å². The Balaban J connectivity index is 1.78. The summed E-state index contributed by atoms with van der Waals surface area (Å²) in [6.07, 6.45) is 4.54. The van der Waals surface area contributed by atoms with Gasteiger partial charge >= 0.3 is 0 Å². The van der Waals surface area contributed by atoms with E-state index < -0.39 is 0 Å². The van der Waals surface area contributed by atoms with Gasteiger partial charge in [0.1, 0.15) is 5.25 Å². The maximum Gasteiger partial charge on any atom is 0.240 e. The zero-order valence-electron chi connectivity index (χ0n) is 17.2. The third kappa shape index (κ3) is 4.25. The van der Waals surface area contributed by atoms with Crippen LogP contribution in [0.2, 0.25) is 5.02 Å². The van der Waals surface area contributed by atoms with Gasteiger partial charge in [-0.3, -0.25) is 9.36 Å². The minimum atomic E-state index is -0.385. The van der Waals surface area contributed by atoms with Gasteiger partial charge in [-0.2, -0.15) is 0 Å². The molecule has 1 saturated carbocycles. The summed E-state index contributed by atoms with van der Waals surface area (Å²) in [5.41, 5.74) is 1.84. The first kappa shape index (κ1) is 20.9. The average molecular weight is 441 g/mol. The lowest BCUT2D eigenvalue weighted by atomic mass is 10.1. The third-order valence-electron chi connectivity index (χ3n) is 5.46. The van der Waals surface area contributed by atoms with Gasteiger partial charge < -0.3 is 4.90 Å². The van der Waals surface area contributed by atoms with E-state index >= 15 is 0 Å². The molecule has 0 unspecified atom stereocenters. The van der Waals surface area contributed by atoms with Gasteiger partial charge in [-0.25, -0.2) is 0 Å². The van der Waals surface area contributed by atoms with Crippen molar-refractivity contribution < 1.29 is 4.79 Å². The van der Waals surface area contributed by atoms with Crippen molar-refractivity contribution in [3.63, 3.8) is 0 Å². The van der Waals surface area contributed by atoms with Crippen LogP contribution >= 0.6 is 23.4 Å². The third-order valence-corrected chi connectivity index (χ3v) is 6.99. The molecular formula is C23H25ClN4OS. The van der Waals surface area contributed by atoms with Crippen molar-refractivity contribution in [2.45, 2.75) is 42.1 Å². The molecular weight excluding hydrogens is 416 g/mol. The van der Waals surface area contributed by atoms with Crippen molar-refractivity contribution in [1.29, 1.82) is 0 Å². The number of carbonyl (C=O) groups is 1. The Bertz CT molecular complexity index is 1020. The van der Waals surface area contributed by atoms with Gasteiger partial charge in [0.25, 0.3) is 0 Å². The predicted molar refractivity (Wildman–Crippen MR) is 122 cm³/mol. The molecule has 30 heavy (non-hydrogen) atoms. The van der Waals surface area contributed by atoms with Crippen LogP contribution < -0.4 is 0 Å². The molecule has 3 aromatic rings. The van der Waals surface area contributed by atoms with Crippen LogP contribution in [-0.4, -0.2) is 39.7 Å². The average Bonchev–Trinajstić information content (AvgIpc) is 3.42. The summed E-state index contributed by atoms with van der Waals surface area (Å²) in [5, 5.41) is 10.1. The molecule has 156 valence electrons. The minimum Gasteiger partial charge on any atom is -0.348 e. The minimum absolute atomic E-state index is 0.0338. The lowest BCUT2D eigenvalue weighted by Crippen LogP contribution is -2.27. The number of hydrogen-bond acceptors (Lipinski definition) is 4. The topological polar surface area (TPSA) is 51.0 Å². The Morgan fingerprint density at radius 1 is 1.07 bits per heavy atom. The molecule has 0 N–H and O–H groups in total. The largest absolute Gasteiger partial charge is 0.348 e. The first-order valence-corrected chi connectivity index (χ1v) is 11.4. The number of rotatable bonds is 6. The number of nitrogens with zero attached hydrogens (tertiary/aromatic N) is 4. The summed E-state index contributed by atoms with van der Waals surface area (Å²) >= 11 is 7.96. The van der Waals surface area contributed by atoms with Crippen LogP contribution in [0.3, 0.4) is 0 Å². The monoisotopic (exact) mass is 440 g/mol. The molecule has 0 spiro atoms. The number of likely N-dealkylation sites (N-methyl/N-ethyl adjacent to an activating group) is 1. The molecule has 1 heterocycles. The second-order valence-corrected chi connectivity index (χ2v) is 9.22. The highest BCUT2D eigenvalue weighted by Gasteiger charge is 2.30. The van der Waals surface area contributed by atoms with Crippen molar-refractivity contribution in [1.82, 2.24) is 19.7 Å². The number of amides is 1. The Morgan fingerprint density at radius 3 is 2.40 bits per heavy atom. The van der Waals surface area contributed by atoms with Gasteiger partial charge in [-0.05, 0) is 30.5 Å². The Labute approximate surface area is 186 Å². The lowest BCUT2D eigenvalue weighted by Gasteiger charge is -2.22. The van der Waals surface area contributed by atoms with Crippen LogP contribution in [0.4, 0.5) is 0 Å². The van der Waals surface area contributed by atoms with Crippen molar-refractivity contribution in [3.05, 3.63) is 65.2 Å². The second-order valence-electron chi connectivity index (χ2n) is 7.74. The van der Waals surface area contributed by atoms with Crippen LogP contribution in [0, 0.1) is 0 Å². The van der Waals surface area contributed by atoms with Gasteiger partial charge in [0.15, 0.2) is 11.0 Å². The summed E-state index contributed by atoms with van der Waals surface area (Å²) in [6.45, 7) is 0. The Kier molecular flexibility index (Phi) is 6.44. The quantitative estimate of drug-likeness (QED) is 0.466. The standard InChI is InChI=1S/C23H25ClN4OS/c1-27(2)22(29)20(16-10-4-3-5-11-16)30-23-26-25-21(18-14-8-9-15-19(18)24)28(23)17-12-6-7-13-17/h3-5,8-11,14-15,17,20H,6-7,12-13H2,1-2H3/t20-/m0/s1. The number of aromatic nitrogens is 3. The molecule has 1 amide bonds. The molecule has 0 bridgehead atoms. The number of thioether (sulfide) groups is 1. The SMILES string of the molecule is CN(C)C(=O)[C@@H](Sc1nnc(-c2ccccc2Cl)n1C1CCCC1)c1ccccc1. The zero-order valence-corrected chi connectivity index (χ0v) is 18.7. The van der Waals surface area contributed by atoms with Crippen LogP contribution in [-0.2, 0) is 4.79 Å². The Hall–Kier alpha value is -2.31. The van der Waals surface area contributed by atoms with Gasteiger partial charge in [0, 0.05) is 25.7 Å². The van der Waals surface area contributed by atoms with E-state index in [4.69, 9.17) is 11.6 Å². The molecule has 0 radical (unpaired) electrons. The fourth-order valence-corrected chi connectivity index (χ4v) is 5.38. The summed E-state index contributed by atoms with van der Waals surface area (Å²) < 4.78 is 2.21. The van der Waals surface area contributed by atoms with E-state index in [1.165, 1.54) is 24.6 Å². The molecule has 1 fully saturated rings. The van der Waals surface area contributed by atoms with Gasteiger partial charge in [-0.15, -0.1) is 10.2 Å². The molecule has 0 saturated heterocycles. The van der Waals surface area contributed by atoms with Crippen LogP contribution in [0.15, 0.2) is 59.8 Å². The number of benzene rings is 2. The first-order chi connectivity index (χ1) is 14.6. The van der Waals surface area contributed by atoms with Crippen molar-refractivity contribution in [2.75, 3.05) is 14.1 Å². The van der Waals surface area contributed by atoms with Crippen molar-refractivity contribution >= 4 is 29.3 Å². The fraction of sp³-hybridized carbons (Fsp3) is 0.348. The number of halogens is 1. The van der Waals surface area contributed by atoms with E-state index in [0.717, 1.165) is 34.9 Å². The van der Waals surface area contributed by atoms with Gasteiger partial charge in [-0.1, -0.05) is 78.7 Å². The molecule has 0 aliphatic heterocycles. The normalized spacial score (nSPS) is 15.3. The van der Waals surface area contributed by atoms with E-state index in [-0.39, 0.29) is 11.2 Å². The molecule has 5 nitrogen and oxygen atoms in total. The molecule has 7 heteroatoms. The van der Waals surface area contributed by atoms with Crippen LogP contribution in [0.5, 0.6) is 0 Å². The van der Waals surface area contributed by atoms with E-state index in [0.29, 0.717) is 11.1 Å². The summed E-state index contributed by atoms with van der Waals surface area (Å²) in [7, 11) is 3.57. The van der Waals surface area contributed by atoms with E-state index in [1.807, 2.05) is 54.6 Å². The maximum atomic E-state index is 13.0. The van der Waals surface area contributed by atoms with E-state index in [9.17, 15) is 4.79 Å². The van der Waals surface area contributed by atoms with E-state index in [2.05, 4.69) is 14.8 Å². The zero-order chi connectivity index (χ0) is 21.1. The lowest BCUT2D eigenvalue weighted by molar-refractivity contribution is -0.128. The number of carbonyl (C=O) groups excluding carboxylic acids is 1.